The molecule has 23 nitrogen and oxygen atoms in total. The summed E-state index contributed by atoms with van der Waals surface area (Å²) in [6, 6.07) is -2.66. The number of aromatic nitrogens is 8. The second-order valence-electron chi connectivity index (χ2n) is 10.6. The Morgan fingerprint density at radius 2 is 1.28 bits per heavy atom. The predicted octanol–water partition coefficient (Wildman–Crippen LogP) is -2.96. The number of aliphatic hydroxyl groups excluding tert-OH is 2. The number of fused-ring (bicyclic) bond motifs is 4. The molecule has 3 aliphatic heterocycles. The topological polar surface area (TPSA) is 335 Å². The molecule has 0 aliphatic carbocycles. The average molecular weight is 705 g/mol. The SMILES string of the molecule is Nc1nc2c(ncn2[C@@H]2O[C@@H]3COP(=O)(S)N[C@H]4[C@@H](O)[C@H](n5cnc6c(=O)[nH]c(N)nc65)O[C@@H]4COP(=O)(O)N[C@H]3[C@H]2O)c(=O)[nH]1. The Labute approximate surface area is 259 Å². The van der Waals surface area contributed by atoms with Gasteiger partial charge < -0.3 is 40.6 Å². The number of nitrogens with zero attached hydrogens (tertiary/aromatic N) is 6. The normalized spacial score (nSPS) is 37.1. The number of nitrogens with one attached hydrogen (secondary N) is 4. The number of aliphatic hydroxyl groups is 2. The third-order valence-electron chi connectivity index (χ3n) is 7.65. The number of hydrogen-bond acceptors (Lipinski definition) is 16. The summed E-state index contributed by atoms with van der Waals surface area (Å²) in [7, 11) is -4.78. The smallest absolute Gasteiger partial charge is 0.387 e. The van der Waals surface area contributed by atoms with Crippen LogP contribution in [0.1, 0.15) is 12.5 Å². The van der Waals surface area contributed by atoms with Gasteiger partial charge in [0.05, 0.1) is 38.0 Å². The van der Waals surface area contributed by atoms with E-state index in [2.05, 4.69) is 52.3 Å². The van der Waals surface area contributed by atoms with Crippen molar-refractivity contribution < 1.29 is 42.8 Å². The highest BCUT2D eigenvalue weighted by Gasteiger charge is 2.52. The summed E-state index contributed by atoms with van der Waals surface area (Å²) >= 11 is 4.13. The number of aromatic amines is 2. The Bertz CT molecular complexity index is 1910. The molecule has 7 rings (SSSR count). The lowest BCUT2D eigenvalue weighted by Gasteiger charge is -2.29. The van der Waals surface area contributed by atoms with Crippen molar-refractivity contribution in [1.82, 2.24) is 49.2 Å². The molecule has 3 saturated heterocycles. The number of hydrogen-bond donors (Lipinski definition) is 10. The zero-order valence-corrected chi connectivity index (χ0v) is 25.7. The van der Waals surface area contributed by atoms with Crippen molar-refractivity contribution in [3.05, 3.63) is 33.4 Å². The van der Waals surface area contributed by atoms with Crippen LogP contribution in [0.25, 0.3) is 22.3 Å². The molecule has 3 aliphatic rings. The second-order valence-corrected chi connectivity index (χ2v) is 15.3. The van der Waals surface area contributed by atoms with Gasteiger partial charge in [-0.05, 0) is 0 Å². The van der Waals surface area contributed by atoms with Crippen molar-refractivity contribution in [3.63, 3.8) is 0 Å². The Balaban J connectivity index is 1.18. The Kier molecular flexibility index (Phi) is 7.62. The molecule has 0 aromatic carbocycles. The van der Waals surface area contributed by atoms with E-state index in [1.165, 1.54) is 15.5 Å². The van der Waals surface area contributed by atoms with E-state index in [0.29, 0.717) is 0 Å². The van der Waals surface area contributed by atoms with Crippen LogP contribution in [0.15, 0.2) is 22.2 Å². The van der Waals surface area contributed by atoms with Crippen LogP contribution < -0.4 is 32.8 Å². The lowest BCUT2D eigenvalue weighted by molar-refractivity contribution is -0.0476. The van der Waals surface area contributed by atoms with Gasteiger partial charge in [-0.3, -0.25) is 37.8 Å². The highest BCUT2D eigenvalue weighted by Crippen LogP contribution is 2.52. The lowest BCUT2D eigenvalue weighted by Crippen LogP contribution is -2.47. The molecule has 0 saturated carbocycles. The maximum absolute atomic E-state index is 13.5. The first-order valence-electron chi connectivity index (χ1n) is 13.3. The van der Waals surface area contributed by atoms with Crippen LogP contribution >= 0.6 is 26.7 Å². The molecule has 248 valence electrons. The van der Waals surface area contributed by atoms with Crippen LogP contribution in [0.5, 0.6) is 0 Å². The van der Waals surface area contributed by atoms with E-state index in [9.17, 15) is 33.8 Å². The maximum Gasteiger partial charge on any atom is 0.403 e. The van der Waals surface area contributed by atoms with Crippen molar-refractivity contribution in [2.75, 3.05) is 24.7 Å². The third-order valence-corrected chi connectivity index (χ3v) is 10.6. The zero-order chi connectivity index (χ0) is 32.7. The number of thiol groups is 1. The van der Waals surface area contributed by atoms with Crippen molar-refractivity contribution in [3.8, 4) is 0 Å². The van der Waals surface area contributed by atoms with Gasteiger partial charge in [-0.25, -0.2) is 24.7 Å². The highest BCUT2D eigenvalue weighted by atomic mass is 32.7. The average Bonchev–Trinajstić information content (AvgIpc) is 3.72. The molecule has 46 heavy (non-hydrogen) atoms. The number of nitrogens with two attached hydrogens (primary N) is 2. The summed E-state index contributed by atoms with van der Waals surface area (Å²) in [6.07, 6.45) is -6.01. The van der Waals surface area contributed by atoms with Crippen molar-refractivity contribution in [1.29, 1.82) is 0 Å². The predicted molar refractivity (Wildman–Crippen MR) is 157 cm³/mol. The number of rotatable bonds is 2. The van der Waals surface area contributed by atoms with Crippen molar-refractivity contribution >= 4 is 60.9 Å². The molecule has 0 radical (unpaired) electrons. The van der Waals surface area contributed by atoms with E-state index in [1.54, 1.807) is 0 Å². The monoisotopic (exact) mass is 704 g/mol. The molecule has 3 fully saturated rings. The van der Waals surface area contributed by atoms with Crippen LogP contribution in [0, 0.1) is 0 Å². The van der Waals surface area contributed by atoms with Gasteiger partial charge in [0.25, 0.3) is 11.1 Å². The second kappa shape index (κ2) is 11.2. The van der Waals surface area contributed by atoms with E-state index in [1.807, 2.05) is 0 Å². The summed E-state index contributed by atoms with van der Waals surface area (Å²) in [6.45, 7) is -5.37. The maximum atomic E-state index is 13.5. The number of imidazole rings is 2. The number of ether oxygens (including phenoxy) is 2. The minimum Gasteiger partial charge on any atom is -0.387 e. The van der Waals surface area contributed by atoms with Gasteiger partial charge in [-0.1, -0.05) is 12.2 Å². The largest absolute Gasteiger partial charge is 0.403 e. The van der Waals surface area contributed by atoms with Gasteiger partial charge in [-0.15, -0.1) is 0 Å². The molecule has 4 aromatic heterocycles. The lowest BCUT2D eigenvalue weighted by atomic mass is 10.1. The van der Waals surface area contributed by atoms with E-state index in [0.717, 1.165) is 6.33 Å². The summed E-state index contributed by atoms with van der Waals surface area (Å²) in [4.78, 5) is 55.9. The Hall–Kier alpha value is -3.25. The van der Waals surface area contributed by atoms with Crippen LogP contribution in [-0.4, -0.2) is 104 Å². The van der Waals surface area contributed by atoms with Gasteiger partial charge in [-0.2, -0.15) is 9.97 Å². The molecule has 10 atom stereocenters. The molecule has 7 heterocycles. The summed E-state index contributed by atoms with van der Waals surface area (Å²) in [5, 5.41) is 27.4. The number of anilines is 2. The fraction of sp³-hybridized carbons (Fsp3) is 0.500. The van der Waals surface area contributed by atoms with E-state index < -0.39 is 87.8 Å². The Morgan fingerprint density at radius 3 is 1.78 bits per heavy atom. The van der Waals surface area contributed by atoms with Gasteiger partial charge in [0.2, 0.25) is 11.9 Å². The standard InChI is InChI=1S/C20H26N12O11P2S/c21-19-25-13-9(15(35)27-19)23-3-31(13)17-11(33)7-6(43-17)2-41-45(39,46)30-8-5(1-40-44(37,38)29-7)42-18(12(8)34)32-4-24-10-14(32)26-20(22)28-16(10)36/h3-8,11-12,17-18,33-34H,1-2H2,(H2,29,37,38)(H2,30,39,46)(H3,21,25,27,35)(H3,22,26,28,36)/t5-,6-,7-,8-,11-,12-,17-,18-,45?/m1/s1. The summed E-state index contributed by atoms with van der Waals surface area (Å²) in [5.41, 5.74) is 9.74. The van der Waals surface area contributed by atoms with Crippen LogP contribution in [-0.2, 0) is 27.7 Å². The first kappa shape index (κ1) is 31.4. The van der Waals surface area contributed by atoms with Crippen molar-refractivity contribution in [2.24, 2.45) is 0 Å². The molecular formula is C20H26N12O11P2S. The van der Waals surface area contributed by atoms with Gasteiger partial charge in [0, 0.05) is 0 Å². The minimum absolute atomic E-state index is 0.0370. The molecule has 0 spiro atoms. The fourth-order valence-corrected chi connectivity index (χ4v) is 8.45. The third kappa shape index (κ3) is 5.44. The first-order valence-corrected chi connectivity index (χ1v) is 17.7. The zero-order valence-electron chi connectivity index (χ0n) is 23.0. The van der Waals surface area contributed by atoms with E-state index in [4.69, 9.17) is 30.0 Å². The van der Waals surface area contributed by atoms with Crippen molar-refractivity contribution in [2.45, 2.75) is 49.0 Å². The Morgan fingerprint density at radius 1 is 0.826 bits per heavy atom. The molecule has 0 bridgehead atoms. The van der Waals surface area contributed by atoms with Gasteiger partial charge >= 0.3 is 14.5 Å². The minimum atomic E-state index is -4.78. The van der Waals surface area contributed by atoms with E-state index in [-0.39, 0.29) is 34.2 Å². The fourth-order valence-electron chi connectivity index (χ4n) is 5.61. The highest BCUT2D eigenvalue weighted by molar-refractivity contribution is 8.45. The molecule has 4 aromatic rings. The number of nitrogen functional groups attached to an aromatic ring is 2. The summed E-state index contributed by atoms with van der Waals surface area (Å²) in [5.74, 6) is -0.463. The first-order chi connectivity index (χ1) is 21.7. The molecule has 26 heteroatoms. The summed E-state index contributed by atoms with van der Waals surface area (Å²) < 4.78 is 51.9. The molecular weight excluding hydrogens is 678 g/mol. The van der Waals surface area contributed by atoms with E-state index >= 15 is 0 Å². The quantitative estimate of drug-likeness (QED) is 0.0735. The van der Waals surface area contributed by atoms with Crippen LogP contribution in [0.4, 0.5) is 11.9 Å². The molecule has 11 N–H and O–H groups in total. The molecule has 2 unspecified atom stereocenters. The van der Waals surface area contributed by atoms with Crippen LogP contribution in [0.3, 0.4) is 0 Å². The van der Waals surface area contributed by atoms with Gasteiger partial charge in [0.1, 0.15) is 24.4 Å². The number of H-pyrrole nitrogens is 2. The van der Waals surface area contributed by atoms with Gasteiger partial charge in [0.15, 0.2) is 34.8 Å². The van der Waals surface area contributed by atoms with Crippen LogP contribution in [0.2, 0.25) is 0 Å². The molecule has 0 amide bonds.